The van der Waals surface area contributed by atoms with Gasteiger partial charge in [0.25, 0.3) is 0 Å². The molecule has 0 bridgehead atoms. The van der Waals surface area contributed by atoms with Crippen molar-refractivity contribution in [1.29, 1.82) is 0 Å². The Morgan fingerprint density at radius 2 is 1.62 bits per heavy atom. The molecule has 0 aliphatic heterocycles. The van der Waals surface area contributed by atoms with Gasteiger partial charge in [0.05, 0.1) is 18.6 Å². The number of anilines is 1. The monoisotopic (exact) mass is 531 g/mol. The van der Waals surface area contributed by atoms with Crippen molar-refractivity contribution in [3.05, 3.63) is 59.7 Å². The van der Waals surface area contributed by atoms with Crippen LogP contribution in [0.4, 0.5) is 5.69 Å². The number of hydrogen-bond acceptors (Lipinski definition) is 5. The third-order valence-electron chi connectivity index (χ3n) is 5.73. The molecule has 0 spiro atoms. The van der Waals surface area contributed by atoms with Crippen LogP contribution in [0.5, 0.6) is 5.75 Å². The van der Waals surface area contributed by atoms with Crippen molar-refractivity contribution in [3.8, 4) is 5.75 Å². The zero-order valence-corrected chi connectivity index (χ0v) is 23.9. The molecule has 0 aromatic heterocycles. The molecule has 1 atom stereocenters. The maximum absolute atomic E-state index is 13.4. The summed E-state index contributed by atoms with van der Waals surface area (Å²) in [5, 5.41) is 2.95. The number of ether oxygens (including phenoxy) is 1. The molecule has 1 N–H and O–H groups in total. The fourth-order valence-corrected chi connectivity index (χ4v) is 4.79. The zero-order chi connectivity index (χ0) is 27.8. The fourth-order valence-electron chi connectivity index (χ4n) is 3.83. The van der Waals surface area contributed by atoms with Gasteiger partial charge in [-0.15, -0.1) is 0 Å². The molecule has 0 saturated heterocycles. The average Bonchev–Trinajstić information content (AvgIpc) is 2.80. The first-order valence-electron chi connectivity index (χ1n) is 12.6. The Bertz CT molecular complexity index is 1140. The Morgan fingerprint density at radius 1 is 1.03 bits per heavy atom. The zero-order valence-electron chi connectivity index (χ0n) is 23.1. The third-order valence-corrected chi connectivity index (χ3v) is 6.92. The van der Waals surface area contributed by atoms with Gasteiger partial charge in [0, 0.05) is 25.0 Å². The first-order chi connectivity index (χ1) is 17.2. The third kappa shape index (κ3) is 9.72. The van der Waals surface area contributed by atoms with E-state index in [4.69, 9.17) is 4.74 Å². The van der Waals surface area contributed by atoms with Gasteiger partial charge in [0.1, 0.15) is 11.8 Å². The quantitative estimate of drug-likeness (QED) is 0.441. The molecule has 2 amide bonds. The number of aryl methyl sites for hydroxylation is 1. The number of benzene rings is 2. The van der Waals surface area contributed by atoms with Crippen LogP contribution in [0.2, 0.25) is 0 Å². The van der Waals surface area contributed by atoms with Crippen molar-refractivity contribution in [2.75, 3.05) is 23.7 Å². The largest absolute Gasteiger partial charge is 0.494 e. The minimum Gasteiger partial charge on any atom is -0.494 e. The van der Waals surface area contributed by atoms with Crippen LogP contribution in [0.25, 0.3) is 0 Å². The average molecular weight is 532 g/mol. The van der Waals surface area contributed by atoms with Gasteiger partial charge in [0.15, 0.2) is 0 Å². The van der Waals surface area contributed by atoms with E-state index < -0.39 is 21.6 Å². The summed E-state index contributed by atoms with van der Waals surface area (Å²) in [6.07, 6.45) is 1.55. The summed E-state index contributed by atoms with van der Waals surface area (Å²) in [6.45, 7) is 12.2. The van der Waals surface area contributed by atoms with E-state index in [0.717, 1.165) is 17.4 Å². The highest BCUT2D eigenvalue weighted by Crippen LogP contribution is 2.23. The van der Waals surface area contributed by atoms with E-state index in [9.17, 15) is 18.0 Å². The number of sulfonamides is 1. The van der Waals surface area contributed by atoms with E-state index in [1.54, 1.807) is 36.1 Å². The Kier molecular flexibility index (Phi) is 10.5. The lowest BCUT2D eigenvalue weighted by atomic mass is 10.1. The molecule has 0 heterocycles. The van der Waals surface area contributed by atoms with Gasteiger partial charge < -0.3 is 15.0 Å². The summed E-state index contributed by atoms with van der Waals surface area (Å²) in [6, 6.07) is 14.0. The smallest absolute Gasteiger partial charge is 0.242 e. The Morgan fingerprint density at radius 3 is 2.14 bits per heavy atom. The van der Waals surface area contributed by atoms with Crippen LogP contribution >= 0.6 is 0 Å². The second kappa shape index (κ2) is 12.9. The van der Waals surface area contributed by atoms with Crippen molar-refractivity contribution in [2.45, 2.75) is 72.5 Å². The van der Waals surface area contributed by atoms with Crippen molar-refractivity contribution in [1.82, 2.24) is 10.2 Å². The summed E-state index contributed by atoms with van der Waals surface area (Å²) in [4.78, 5) is 27.9. The maximum Gasteiger partial charge on any atom is 0.242 e. The lowest BCUT2D eigenvalue weighted by molar-refractivity contribution is -0.141. The molecule has 0 saturated carbocycles. The predicted octanol–water partition coefficient (Wildman–Crippen LogP) is 4.27. The summed E-state index contributed by atoms with van der Waals surface area (Å²) < 4.78 is 31.7. The molecule has 0 radical (unpaired) electrons. The van der Waals surface area contributed by atoms with E-state index in [1.165, 1.54) is 4.31 Å². The topological polar surface area (TPSA) is 96.0 Å². The van der Waals surface area contributed by atoms with Gasteiger partial charge in [-0.2, -0.15) is 0 Å². The lowest BCUT2D eigenvalue weighted by Crippen LogP contribution is -2.52. The predicted molar refractivity (Wildman–Crippen MR) is 148 cm³/mol. The van der Waals surface area contributed by atoms with Gasteiger partial charge in [-0.3, -0.25) is 13.9 Å². The molecular formula is C28H41N3O5S. The maximum atomic E-state index is 13.4. The molecule has 1 unspecified atom stereocenters. The van der Waals surface area contributed by atoms with E-state index in [0.29, 0.717) is 24.5 Å². The molecule has 9 heteroatoms. The molecule has 2 rings (SSSR count). The van der Waals surface area contributed by atoms with Crippen LogP contribution in [0, 0.1) is 6.92 Å². The Balaban J connectivity index is 2.17. The molecule has 0 aliphatic rings. The molecular weight excluding hydrogens is 490 g/mol. The van der Waals surface area contributed by atoms with E-state index >= 15 is 0 Å². The van der Waals surface area contributed by atoms with E-state index in [1.807, 2.05) is 58.9 Å². The van der Waals surface area contributed by atoms with Gasteiger partial charge in [-0.05, 0) is 77.8 Å². The number of carbonyl (C=O) groups is 2. The number of carbonyl (C=O) groups excluding carboxylic acids is 2. The fraction of sp³-hybridized carbons (Fsp3) is 0.500. The minimum atomic E-state index is -3.56. The van der Waals surface area contributed by atoms with Crippen LogP contribution in [-0.2, 0) is 26.2 Å². The number of nitrogens with zero attached hydrogens (tertiary/aromatic N) is 2. The van der Waals surface area contributed by atoms with Gasteiger partial charge >= 0.3 is 0 Å². The van der Waals surface area contributed by atoms with Gasteiger partial charge in [0.2, 0.25) is 21.8 Å². The van der Waals surface area contributed by atoms with Crippen molar-refractivity contribution in [2.24, 2.45) is 0 Å². The molecule has 8 nitrogen and oxygen atoms in total. The number of rotatable bonds is 12. The van der Waals surface area contributed by atoms with E-state index in [-0.39, 0.29) is 31.3 Å². The molecule has 2 aromatic rings. The van der Waals surface area contributed by atoms with Gasteiger partial charge in [-0.25, -0.2) is 8.42 Å². The first-order valence-corrected chi connectivity index (χ1v) is 14.4. The van der Waals surface area contributed by atoms with Crippen LogP contribution in [0.15, 0.2) is 48.5 Å². The molecule has 0 fully saturated rings. The number of nitrogens with one attached hydrogen (secondary N) is 1. The molecule has 2 aromatic carbocycles. The summed E-state index contributed by atoms with van der Waals surface area (Å²) >= 11 is 0. The molecule has 0 aliphatic carbocycles. The number of hydrogen-bond donors (Lipinski definition) is 1. The summed E-state index contributed by atoms with van der Waals surface area (Å²) in [5.41, 5.74) is 2.10. The van der Waals surface area contributed by atoms with Crippen molar-refractivity contribution in [3.63, 3.8) is 0 Å². The van der Waals surface area contributed by atoms with Crippen molar-refractivity contribution < 1.29 is 22.7 Å². The Labute approximate surface area is 222 Å². The number of amides is 2. The van der Waals surface area contributed by atoms with Crippen LogP contribution in [0.3, 0.4) is 0 Å². The summed E-state index contributed by atoms with van der Waals surface area (Å²) in [5.74, 6) is 0.210. The van der Waals surface area contributed by atoms with Crippen LogP contribution in [0.1, 0.15) is 58.6 Å². The highest BCUT2D eigenvalue weighted by molar-refractivity contribution is 7.92. The molecule has 204 valence electrons. The standard InChI is InChI=1S/C28H41N3O5S/c1-8-36-25-17-15-24(16-18-25)31(37(7,34)35)19-9-10-26(32)30(20-23-13-11-21(2)12-14-23)22(3)27(33)29-28(4,5)6/h11-18,22H,8-10,19-20H2,1-7H3,(H,29,33). The van der Waals surface area contributed by atoms with Gasteiger partial charge in [-0.1, -0.05) is 29.8 Å². The highest BCUT2D eigenvalue weighted by atomic mass is 32.2. The Hall–Kier alpha value is -3.07. The normalized spacial score (nSPS) is 12.5. The lowest BCUT2D eigenvalue weighted by Gasteiger charge is -2.32. The van der Waals surface area contributed by atoms with Crippen molar-refractivity contribution >= 4 is 27.5 Å². The van der Waals surface area contributed by atoms with Crippen LogP contribution in [-0.4, -0.2) is 56.1 Å². The molecule has 37 heavy (non-hydrogen) atoms. The first kappa shape index (κ1) is 30.2. The minimum absolute atomic E-state index is 0.0993. The second-order valence-electron chi connectivity index (χ2n) is 10.3. The van der Waals surface area contributed by atoms with Crippen LogP contribution < -0.4 is 14.4 Å². The SMILES string of the molecule is CCOc1ccc(N(CCCC(=O)N(Cc2ccc(C)cc2)C(C)C(=O)NC(C)(C)C)S(C)(=O)=O)cc1. The second-order valence-corrected chi connectivity index (χ2v) is 12.2. The van der Waals surface area contributed by atoms with E-state index in [2.05, 4.69) is 5.32 Å². The summed E-state index contributed by atoms with van der Waals surface area (Å²) in [7, 11) is -3.56. The highest BCUT2D eigenvalue weighted by Gasteiger charge is 2.28.